The van der Waals surface area contributed by atoms with E-state index in [4.69, 9.17) is 0 Å². The Morgan fingerprint density at radius 3 is 2.55 bits per heavy atom. The van der Waals surface area contributed by atoms with Gasteiger partial charge in [-0.05, 0) is 19.1 Å². The van der Waals surface area contributed by atoms with Crippen LogP contribution in [0.25, 0.3) is 10.9 Å². The van der Waals surface area contributed by atoms with Crippen LogP contribution in [0.3, 0.4) is 0 Å². The Bertz CT molecular complexity index is 1110. The van der Waals surface area contributed by atoms with Gasteiger partial charge in [0.25, 0.3) is 0 Å². The number of hydrogen-bond acceptors (Lipinski definition) is 5. The van der Waals surface area contributed by atoms with Gasteiger partial charge in [0.05, 0.1) is 6.07 Å². The Morgan fingerprint density at radius 1 is 1.21 bits per heavy atom. The number of nitrogens with one attached hydrogen (secondary N) is 1. The fourth-order valence-corrected chi connectivity index (χ4v) is 2.91. The van der Waals surface area contributed by atoms with E-state index >= 15 is 0 Å². The summed E-state index contributed by atoms with van der Waals surface area (Å²) in [6.45, 7) is 0.146. The number of rotatable bonds is 6. The van der Waals surface area contributed by atoms with Crippen LogP contribution < -0.4 is 4.74 Å². The van der Waals surface area contributed by atoms with Gasteiger partial charge in [-0.2, -0.15) is 18.4 Å². The molecule has 29 heavy (non-hydrogen) atoms. The van der Waals surface area contributed by atoms with Gasteiger partial charge in [-0.3, -0.25) is 9.59 Å². The number of pyridine rings is 1. The molecule has 0 aliphatic heterocycles. The minimum absolute atomic E-state index is 0.0817. The number of para-hydroxylation sites is 1. The predicted molar refractivity (Wildman–Crippen MR) is 96.6 cm³/mol. The van der Waals surface area contributed by atoms with Gasteiger partial charge < -0.3 is 9.72 Å². The molecule has 1 atom stereocenters. The number of aromatic nitrogens is 2. The fourth-order valence-electron chi connectivity index (χ4n) is 2.91. The zero-order valence-electron chi connectivity index (χ0n) is 15.1. The van der Waals surface area contributed by atoms with Gasteiger partial charge in [-0.25, -0.2) is 4.98 Å². The van der Waals surface area contributed by atoms with Gasteiger partial charge in [-0.15, -0.1) is 0 Å². The van der Waals surface area contributed by atoms with Crippen molar-refractivity contribution in [3.63, 3.8) is 0 Å². The lowest BCUT2D eigenvalue weighted by Crippen LogP contribution is -2.24. The van der Waals surface area contributed by atoms with E-state index < -0.39 is 30.3 Å². The molecule has 9 heteroatoms. The molecule has 0 spiro atoms. The monoisotopic (exact) mass is 401 g/mol. The van der Waals surface area contributed by atoms with Crippen LogP contribution in [0, 0.1) is 24.2 Å². The molecule has 1 aromatic carbocycles. The Morgan fingerprint density at radius 2 is 1.93 bits per heavy atom. The molecule has 6 nitrogen and oxygen atoms in total. The quantitative estimate of drug-likeness (QED) is 0.497. The average Bonchev–Trinajstić information content (AvgIpc) is 3.02. The lowest BCUT2D eigenvalue weighted by atomic mass is 9.90. The number of fused-ring (bicyclic) bond motifs is 1. The lowest BCUT2D eigenvalue weighted by Gasteiger charge is -2.10. The molecule has 148 valence electrons. The highest BCUT2D eigenvalue weighted by Gasteiger charge is 2.32. The number of aryl methyl sites for hydroxylation is 1. The Labute approximate surface area is 162 Å². The predicted octanol–water partition coefficient (Wildman–Crippen LogP) is 4.02. The summed E-state index contributed by atoms with van der Waals surface area (Å²) in [6.07, 6.45) is -3.54. The van der Waals surface area contributed by atoms with Gasteiger partial charge in [-0.1, -0.05) is 18.2 Å². The van der Waals surface area contributed by atoms with Crippen LogP contribution in [0.5, 0.6) is 5.88 Å². The number of carbonyl (C=O) groups excluding carboxylic acids is 2. The second-order valence-corrected chi connectivity index (χ2v) is 6.25. The second kappa shape index (κ2) is 7.75. The first kappa shape index (κ1) is 20.1. The van der Waals surface area contributed by atoms with Crippen molar-refractivity contribution in [2.75, 3.05) is 6.61 Å². The molecule has 0 saturated heterocycles. The van der Waals surface area contributed by atoms with Gasteiger partial charge in [0.15, 0.2) is 24.1 Å². The summed E-state index contributed by atoms with van der Waals surface area (Å²) in [5.74, 6) is -3.40. The Balaban J connectivity index is 1.84. The molecule has 0 aliphatic carbocycles. The summed E-state index contributed by atoms with van der Waals surface area (Å²) in [4.78, 5) is 32.3. The third-order valence-corrected chi connectivity index (χ3v) is 4.20. The van der Waals surface area contributed by atoms with E-state index in [0.29, 0.717) is 16.6 Å². The van der Waals surface area contributed by atoms with Crippen molar-refractivity contribution in [1.29, 1.82) is 5.26 Å². The minimum Gasteiger partial charge on any atom is -0.468 e. The van der Waals surface area contributed by atoms with E-state index in [-0.39, 0.29) is 17.0 Å². The van der Waals surface area contributed by atoms with Crippen LogP contribution in [0.15, 0.2) is 42.6 Å². The summed E-state index contributed by atoms with van der Waals surface area (Å²) in [5, 5.41) is 10.0. The van der Waals surface area contributed by atoms with Crippen LogP contribution in [-0.2, 0) is 0 Å². The smallest absolute Gasteiger partial charge is 0.422 e. The molecule has 1 N–H and O–H groups in total. The van der Waals surface area contributed by atoms with Gasteiger partial charge >= 0.3 is 6.18 Å². The number of hydrogen-bond donors (Lipinski definition) is 1. The molecular weight excluding hydrogens is 387 g/mol. The van der Waals surface area contributed by atoms with Crippen LogP contribution in [0.1, 0.15) is 26.4 Å². The fraction of sp³-hybridized carbons (Fsp3) is 0.200. The molecule has 0 aliphatic rings. The van der Waals surface area contributed by atoms with Crippen molar-refractivity contribution in [3.8, 4) is 11.9 Å². The SMILES string of the molecule is Cc1[nH]c2ccccc2c1C(=O)[C@H](C#N)C(=O)c1ccc(OCC(F)(F)F)nc1. The number of carbonyl (C=O) groups is 2. The number of alkyl halides is 3. The molecule has 2 heterocycles. The largest absolute Gasteiger partial charge is 0.468 e. The standard InChI is InChI=1S/C20H14F3N3O3/c1-11-17(13-4-2-3-5-15(13)26-11)19(28)14(8-24)18(27)12-6-7-16(25-9-12)29-10-20(21,22)23/h2-7,9,14,26H,10H2,1H3/t14-/m1/s1. The molecule has 3 aromatic rings. The molecule has 3 rings (SSSR count). The van der Waals surface area contributed by atoms with Gasteiger partial charge in [0, 0.05) is 40.0 Å². The van der Waals surface area contributed by atoms with Crippen molar-refractivity contribution < 1.29 is 27.5 Å². The van der Waals surface area contributed by atoms with E-state index in [1.165, 1.54) is 6.07 Å². The van der Waals surface area contributed by atoms with Crippen molar-refractivity contribution >= 4 is 22.5 Å². The normalized spacial score (nSPS) is 12.4. The maximum absolute atomic E-state index is 12.9. The summed E-state index contributed by atoms with van der Waals surface area (Å²) in [6, 6.07) is 11.0. The number of nitriles is 1. The topological polar surface area (TPSA) is 95.8 Å². The number of benzene rings is 1. The lowest BCUT2D eigenvalue weighted by molar-refractivity contribution is -0.154. The minimum atomic E-state index is -4.52. The third kappa shape index (κ3) is 4.27. The Kier molecular flexibility index (Phi) is 5.37. The maximum atomic E-state index is 12.9. The summed E-state index contributed by atoms with van der Waals surface area (Å²) < 4.78 is 41.0. The first-order chi connectivity index (χ1) is 13.7. The highest BCUT2D eigenvalue weighted by atomic mass is 19.4. The molecule has 0 radical (unpaired) electrons. The van der Waals surface area contributed by atoms with Gasteiger partial charge in [0.2, 0.25) is 5.88 Å². The zero-order valence-corrected chi connectivity index (χ0v) is 15.1. The van der Waals surface area contributed by atoms with E-state index in [2.05, 4.69) is 14.7 Å². The third-order valence-electron chi connectivity index (χ3n) is 4.20. The second-order valence-electron chi connectivity index (χ2n) is 6.25. The number of halogens is 3. The van der Waals surface area contributed by atoms with E-state index in [1.807, 2.05) is 0 Å². The number of H-pyrrole nitrogens is 1. The van der Waals surface area contributed by atoms with Crippen molar-refractivity contribution in [2.24, 2.45) is 5.92 Å². The molecule has 0 unspecified atom stereocenters. The van der Waals surface area contributed by atoms with E-state index in [9.17, 15) is 28.0 Å². The number of ketones is 2. The van der Waals surface area contributed by atoms with Crippen LogP contribution in [-0.4, -0.2) is 34.3 Å². The number of aromatic amines is 1. The first-order valence-corrected chi connectivity index (χ1v) is 8.42. The Hall–Kier alpha value is -3.67. The van der Waals surface area contributed by atoms with Crippen LogP contribution in [0.4, 0.5) is 13.2 Å². The van der Waals surface area contributed by atoms with Crippen molar-refractivity contribution in [1.82, 2.24) is 9.97 Å². The molecule has 2 aromatic heterocycles. The highest BCUT2D eigenvalue weighted by Crippen LogP contribution is 2.26. The van der Waals surface area contributed by atoms with Crippen LogP contribution in [0.2, 0.25) is 0 Å². The van der Waals surface area contributed by atoms with Crippen molar-refractivity contribution in [3.05, 3.63) is 59.4 Å². The molecular formula is C20H14F3N3O3. The molecule has 0 fully saturated rings. The van der Waals surface area contributed by atoms with Gasteiger partial charge in [0.1, 0.15) is 0 Å². The van der Waals surface area contributed by atoms with E-state index in [1.54, 1.807) is 37.3 Å². The average molecular weight is 401 g/mol. The molecule has 0 amide bonds. The van der Waals surface area contributed by atoms with E-state index in [0.717, 1.165) is 12.3 Å². The number of Topliss-reactive ketones (excluding diaryl/α,β-unsaturated/α-hetero) is 2. The zero-order chi connectivity index (χ0) is 21.2. The molecule has 0 saturated carbocycles. The summed E-state index contributed by atoms with van der Waals surface area (Å²) >= 11 is 0. The molecule has 0 bridgehead atoms. The van der Waals surface area contributed by atoms with Crippen molar-refractivity contribution in [2.45, 2.75) is 13.1 Å². The number of nitrogens with zero attached hydrogens (tertiary/aromatic N) is 2. The maximum Gasteiger partial charge on any atom is 0.422 e. The summed E-state index contributed by atoms with van der Waals surface area (Å²) in [5.41, 5.74) is 1.39. The highest BCUT2D eigenvalue weighted by molar-refractivity contribution is 6.22. The summed E-state index contributed by atoms with van der Waals surface area (Å²) in [7, 11) is 0. The van der Waals surface area contributed by atoms with Crippen LogP contribution >= 0.6 is 0 Å². The first-order valence-electron chi connectivity index (χ1n) is 8.42. The number of ether oxygens (including phenoxy) is 1.